The number of hydrogen-bond donors (Lipinski definition) is 2. The molecule has 0 bridgehead atoms. The number of thiazole rings is 1. The minimum absolute atomic E-state index is 0. The van der Waals surface area contributed by atoms with Crippen LogP contribution in [0.4, 0.5) is 0 Å². The standard InChI is InChI=1S/C17H33N5S.HI/c1-6-15-13-21-16(23-15)9-11-20-17(18-4)19-10-7-8-12-22(5)14(2)3;/h13-14H,6-12H2,1-5H3,(H2,18,19,20);1H. The van der Waals surface area contributed by atoms with Gasteiger partial charge in [0.05, 0.1) is 5.01 Å². The molecular formula is C17H34IN5S. The molecule has 24 heavy (non-hydrogen) atoms. The van der Waals surface area contributed by atoms with E-state index in [-0.39, 0.29) is 24.0 Å². The van der Waals surface area contributed by atoms with Gasteiger partial charge in [0.1, 0.15) is 0 Å². The predicted octanol–water partition coefficient (Wildman–Crippen LogP) is 3.15. The molecule has 1 rings (SSSR count). The van der Waals surface area contributed by atoms with Crippen LogP contribution in [-0.4, -0.2) is 55.6 Å². The third-order valence-corrected chi connectivity index (χ3v) is 5.12. The van der Waals surface area contributed by atoms with E-state index in [4.69, 9.17) is 0 Å². The van der Waals surface area contributed by atoms with E-state index in [2.05, 4.69) is 53.3 Å². The Hall–Kier alpha value is -0.410. The maximum Gasteiger partial charge on any atom is 0.190 e. The Bertz CT molecular complexity index is 462. The number of aryl methyl sites for hydroxylation is 1. The number of nitrogens with zero attached hydrogens (tertiary/aromatic N) is 3. The monoisotopic (exact) mass is 467 g/mol. The molecule has 0 radical (unpaired) electrons. The van der Waals surface area contributed by atoms with E-state index < -0.39 is 0 Å². The van der Waals surface area contributed by atoms with Crippen LogP contribution in [0.15, 0.2) is 11.2 Å². The first-order valence-corrected chi connectivity index (χ1v) is 9.46. The van der Waals surface area contributed by atoms with Crippen LogP contribution in [0.25, 0.3) is 0 Å². The Morgan fingerprint density at radius 3 is 2.58 bits per heavy atom. The highest BCUT2D eigenvalue weighted by molar-refractivity contribution is 14.0. The average Bonchev–Trinajstić information content (AvgIpc) is 3.00. The summed E-state index contributed by atoms with van der Waals surface area (Å²) in [5, 5.41) is 7.93. The molecule has 0 unspecified atom stereocenters. The Balaban J connectivity index is 0.00000529. The molecule has 0 saturated carbocycles. The number of aromatic nitrogens is 1. The van der Waals surface area contributed by atoms with E-state index in [1.54, 1.807) is 11.3 Å². The molecule has 0 aliphatic carbocycles. The smallest absolute Gasteiger partial charge is 0.190 e. The third-order valence-electron chi connectivity index (χ3n) is 3.92. The molecule has 0 aliphatic rings. The second-order valence-electron chi connectivity index (χ2n) is 6.03. The van der Waals surface area contributed by atoms with E-state index in [1.807, 2.05) is 13.2 Å². The van der Waals surface area contributed by atoms with Gasteiger partial charge in [-0.25, -0.2) is 4.98 Å². The first-order valence-electron chi connectivity index (χ1n) is 8.65. The van der Waals surface area contributed by atoms with Gasteiger partial charge in [0.25, 0.3) is 0 Å². The minimum Gasteiger partial charge on any atom is -0.356 e. The molecule has 0 aliphatic heterocycles. The van der Waals surface area contributed by atoms with E-state index in [9.17, 15) is 0 Å². The van der Waals surface area contributed by atoms with Gasteiger partial charge in [-0.3, -0.25) is 4.99 Å². The first kappa shape index (κ1) is 23.6. The third kappa shape index (κ3) is 9.78. The van der Waals surface area contributed by atoms with Crippen LogP contribution < -0.4 is 10.6 Å². The van der Waals surface area contributed by atoms with Crippen LogP contribution in [0.2, 0.25) is 0 Å². The van der Waals surface area contributed by atoms with Crippen molar-refractivity contribution in [3.8, 4) is 0 Å². The van der Waals surface area contributed by atoms with Crippen molar-refractivity contribution >= 4 is 41.3 Å². The molecule has 1 heterocycles. The topological polar surface area (TPSA) is 52.6 Å². The van der Waals surface area contributed by atoms with Crippen molar-refractivity contribution in [1.82, 2.24) is 20.5 Å². The molecule has 0 saturated heterocycles. The van der Waals surface area contributed by atoms with Gasteiger partial charge in [-0.15, -0.1) is 35.3 Å². The maximum absolute atomic E-state index is 4.44. The molecule has 7 heteroatoms. The lowest BCUT2D eigenvalue weighted by atomic mass is 10.2. The van der Waals surface area contributed by atoms with Crippen molar-refractivity contribution in [1.29, 1.82) is 0 Å². The van der Waals surface area contributed by atoms with Crippen LogP contribution in [0, 0.1) is 0 Å². The number of guanidine groups is 1. The van der Waals surface area contributed by atoms with E-state index in [1.165, 1.54) is 16.3 Å². The zero-order chi connectivity index (χ0) is 17.1. The highest BCUT2D eigenvalue weighted by Crippen LogP contribution is 2.13. The van der Waals surface area contributed by atoms with Gasteiger partial charge in [-0.2, -0.15) is 0 Å². The quantitative estimate of drug-likeness (QED) is 0.240. The largest absolute Gasteiger partial charge is 0.356 e. The first-order chi connectivity index (χ1) is 11.1. The van der Waals surface area contributed by atoms with Crippen LogP contribution in [0.3, 0.4) is 0 Å². The lowest BCUT2D eigenvalue weighted by Crippen LogP contribution is -2.39. The summed E-state index contributed by atoms with van der Waals surface area (Å²) >= 11 is 1.81. The molecule has 1 aromatic rings. The van der Waals surface area contributed by atoms with Crippen molar-refractivity contribution in [3.63, 3.8) is 0 Å². The van der Waals surface area contributed by atoms with Gasteiger partial charge in [0.15, 0.2) is 5.96 Å². The van der Waals surface area contributed by atoms with Gasteiger partial charge in [0, 0.05) is 43.7 Å². The van der Waals surface area contributed by atoms with Crippen LogP contribution in [0.1, 0.15) is 43.5 Å². The number of nitrogens with one attached hydrogen (secondary N) is 2. The van der Waals surface area contributed by atoms with E-state index in [0.29, 0.717) is 6.04 Å². The van der Waals surface area contributed by atoms with E-state index in [0.717, 1.165) is 44.9 Å². The summed E-state index contributed by atoms with van der Waals surface area (Å²) in [5.74, 6) is 0.884. The average molecular weight is 467 g/mol. The fourth-order valence-corrected chi connectivity index (χ4v) is 2.95. The van der Waals surface area contributed by atoms with Crippen LogP contribution >= 0.6 is 35.3 Å². The molecule has 0 spiro atoms. The number of unbranched alkanes of at least 4 members (excludes halogenated alkanes) is 1. The molecule has 0 fully saturated rings. The van der Waals surface area contributed by atoms with Crippen LogP contribution in [0.5, 0.6) is 0 Å². The Labute approximate surface area is 168 Å². The molecule has 2 N–H and O–H groups in total. The van der Waals surface area contributed by atoms with Crippen molar-refractivity contribution < 1.29 is 0 Å². The zero-order valence-electron chi connectivity index (χ0n) is 15.8. The zero-order valence-corrected chi connectivity index (χ0v) is 18.9. The second-order valence-corrected chi connectivity index (χ2v) is 7.23. The fourth-order valence-electron chi connectivity index (χ4n) is 2.09. The van der Waals surface area contributed by atoms with Crippen molar-refractivity contribution in [3.05, 3.63) is 16.1 Å². The van der Waals surface area contributed by atoms with Gasteiger partial charge in [-0.05, 0) is 46.7 Å². The van der Waals surface area contributed by atoms with Crippen molar-refractivity contribution in [2.24, 2.45) is 4.99 Å². The number of hydrogen-bond acceptors (Lipinski definition) is 4. The molecule has 5 nitrogen and oxygen atoms in total. The summed E-state index contributed by atoms with van der Waals surface area (Å²) in [4.78, 5) is 12.4. The molecule has 0 atom stereocenters. The summed E-state index contributed by atoms with van der Waals surface area (Å²) in [5.41, 5.74) is 0. The summed E-state index contributed by atoms with van der Waals surface area (Å²) < 4.78 is 0. The summed E-state index contributed by atoms with van der Waals surface area (Å²) in [6.45, 7) is 9.61. The highest BCUT2D eigenvalue weighted by atomic mass is 127. The predicted molar refractivity (Wildman–Crippen MR) is 117 cm³/mol. The maximum atomic E-state index is 4.44. The van der Waals surface area contributed by atoms with Gasteiger partial charge >= 0.3 is 0 Å². The summed E-state index contributed by atoms with van der Waals surface area (Å²) in [7, 11) is 4.00. The summed E-state index contributed by atoms with van der Waals surface area (Å²) in [6.07, 6.45) is 6.37. The SMILES string of the molecule is CCc1cnc(CCNC(=NC)NCCCCN(C)C(C)C)s1.I. The van der Waals surface area contributed by atoms with Crippen molar-refractivity contribution in [2.45, 2.75) is 52.5 Å². The molecular weight excluding hydrogens is 433 g/mol. The van der Waals surface area contributed by atoms with Crippen LogP contribution in [-0.2, 0) is 12.8 Å². The molecule has 0 aromatic carbocycles. The molecule has 1 aromatic heterocycles. The lowest BCUT2D eigenvalue weighted by molar-refractivity contribution is 0.268. The minimum atomic E-state index is 0. The number of halogens is 1. The van der Waals surface area contributed by atoms with Gasteiger partial charge in [-0.1, -0.05) is 6.92 Å². The Morgan fingerprint density at radius 2 is 2.00 bits per heavy atom. The second kappa shape index (κ2) is 13.8. The normalized spacial score (nSPS) is 11.7. The number of rotatable bonds is 10. The Morgan fingerprint density at radius 1 is 1.29 bits per heavy atom. The van der Waals surface area contributed by atoms with Crippen molar-refractivity contribution in [2.75, 3.05) is 33.7 Å². The molecule has 0 amide bonds. The lowest BCUT2D eigenvalue weighted by Gasteiger charge is -2.20. The van der Waals surface area contributed by atoms with E-state index >= 15 is 0 Å². The highest BCUT2D eigenvalue weighted by Gasteiger charge is 2.03. The fraction of sp³-hybridized carbons (Fsp3) is 0.765. The summed E-state index contributed by atoms with van der Waals surface area (Å²) in [6, 6.07) is 0.622. The Kier molecular flexibility index (Phi) is 13.6. The number of aliphatic imine (C=N–C) groups is 1. The van der Waals surface area contributed by atoms with Gasteiger partial charge < -0.3 is 15.5 Å². The molecule has 140 valence electrons. The van der Waals surface area contributed by atoms with Gasteiger partial charge in [0.2, 0.25) is 0 Å².